The molecular formula is C26H38N6O6. The zero-order valence-electron chi connectivity index (χ0n) is 22.5. The number of amides is 3. The van der Waals surface area contributed by atoms with Gasteiger partial charge in [0.2, 0.25) is 5.91 Å². The maximum absolute atomic E-state index is 13.5. The van der Waals surface area contributed by atoms with Crippen molar-refractivity contribution in [1.82, 2.24) is 24.8 Å². The van der Waals surface area contributed by atoms with Crippen molar-refractivity contribution in [3.8, 4) is 0 Å². The second-order valence-electron chi connectivity index (χ2n) is 11.0. The molecule has 2 aliphatic heterocycles. The van der Waals surface area contributed by atoms with Gasteiger partial charge < -0.3 is 20.3 Å². The molecule has 1 aromatic rings. The van der Waals surface area contributed by atoms with Gasteiger partial charge in [-0.05, 0) is 45.4 Å². The van der Waals surface area contributed by atoms with Gasteiger partial charge in [-0.15, -0.1) is 5.10 Å². The van der Waals surface area contributed by atoms with Gasteiger partial charge in [0.1, 0.15) is 11.6 Å². The molecule has 3 amide bonds. The molecule has 3 heterocycles. The fraction of sp³-hybridized carbons (Fsp3) is 0.731. The topological polar surface area (TPSA) is 158 Å². The standard InChI is InChI=1S/C26H38N6O6/c1-16-22(28-29-32(16)13-19-8-5-4-6-9-19)24(36)31-11-7-10-26(31)15-30(25(26)37)14-20(34)12-21(23(27)35)17(2)38-18(3)33/h17,19,21H,4-15H2,1-3H3,(H2,27,35)/t17-,21+,26?/m1/s1. The van der Waals surface area contributed by atoms with Gasteiger partial charge in [0.05, 0.1) is 24.7 Å². The summed E-state index contributed by atoms with van der Waals surface area (Å²) in [5.41, 5.74) is 5.41. The molecule has 208 valence electrons. The summed E-state index contributed by atoms with van der Waals surface area (Å²) in [4.78, 5) is 65.6. The number of Topliss-reactive ketones (excluding diaryl/α,β-unsaturated/α-hetero) is 1. The number of primary amides is 1. The van der Waals surface area contributed by atoms with Crippen molar-refractivity contribution in [2.45, 2.75) is 90.3 Å². The van der Waals surface area contributed by atoms with Crippen LogP contribution in [0.1, 0.15) is 81.4 Å². The Balaban J connectivity index is 1.38. The molecule has 3 fully saturated rings. The number of hydrogen-bond donors (Lipinski definition) is 1. The summed E-state index contributed by atoms with van der Waals surface area (Å²) in [6.45, 7) is 5.78. The van der Waals surface area contributed by atoms with Crippen LogP contribution in [-0.4, -0.2) is 85.5 Å². The van der Waals surface area contributed by atoms with Crippen molar-refractivity contribution in [3.05, 3.63) is 11.4 Å². The van der Waals surface area contributed by atoms with E-state index in [-0.39, 0.29) is 42.8 Å². The van der Waals surface area contributed by atoms with Crippen LogP contribution in [0.3, 0.4) is 0 Å². The molecule has 0 aromatic carbocycles. The molecule has 38 heavy (non-hydrogen) atoms. The second kappa shape index (κ2) is 11.2. The molecule has 2 saturated heterocycles. The highest BCUT2D eigenvalue weighted by atomic mass is 16.5. The van der Waals surface area contributed by atoms with Crippen molar-refractivity contribution < 1.29 is 28.7 Å². The first-order valence-corrected chi connectivity index (χ1v) is 13.5. The normalized spacial score (nSPS) is 23.3. The number of nitrogens with two attached hydrogens (primary N) is 1. The lowest BCUT2D eigenvalue weighted by Gasteiger charge is -2.50. The number of aromatic nitrogens is 3. The molecule has 12 nitrogen and oxygen atoms in total. The van der Waals surface area contributed by atoms with Crippen LogP contribution in [0.2, 0.25) is 0 Å². The number of carbonyl (C=O) groups excluding carboxylic acids is 5. The zero-order chi connectivity index (χ0) is 27.6. The van der Waals surface area contributed by atoms with Gasteiger partial charge in [-0.1, -0.05) is 24.5 Å². The van der Waals surface area contributed by atoms with Crippen LogP contribution in [0, 0.1) is 18.8 Å². The maximum Gasteiger partial charge on any atom is 0.302 e. The van der Waals surface area contributed by atoms with Crippen molar-refractivity contribution in [3.63, 3.8) is 0 Å². The Labute approximate surface area is 222 Å². The second-order valence-corrected chi connectivity index (χ2v) is 11.0. The van der Waals surface area contributed by atoms with Gasteiger partial charge >= 0.3 is 5.97 Å². The van der Waals surface area contributed by atoms with E-state index in [0.717, 1.165) is 19.4 Å². The Bertz CT molecular complexity index is 1110. The smallest absolute Gasteiger partial charge is 0.302 e. The first kappa shape index (κ1) is 27.7. The largest absolute Gasteiger partial charge is 0.462 e. The molecule has 3 atom stereocenters. The Kier molecular flexibility index (Phi) is 8.17. The van der Waals surface area contributed by atoms with Crippen LogP contribution >= 0.6 is 0 Å². The summed E-state index contributed by atoms with van der Waals surface area (Å²) in [5, 5.41) is 8.44. The van der Waals surface area contributed by atoms with Crippen LogP contribution in [0.4, 0.5) is 0 Å². The lowest BCUT2D eigenvalue weighted by Crippen LogP contribution is -2.73. The van der Waals surface area contributed by atoms with Crippen molar-refractivity contribution in [1.29, 1.82) is 0 Å². The van der Waals surface area contributed by atoms with E-state index in [4.69, 9.17) is 10.5 Å². The number of ether oxygens (including phenoxy) is 1. The van der Waals surface area contributed by atoms with Crippen LogP contribution < -0.4 is 5.73 Å². The van der Waals surface area contributed by atoms with Crippen LogP contribution in [0.5, 0.6) is 0 Å². The van der Waals surface area contributed by atoms with E-state index < -0.39 is 29.4 Å². The highest BCUT2D eigenvalue weighted by molar-refractivity contribution is 6.03. The molecule has 3 aliphatic rings. The van der Waals surface area contributed by atoms with Gasteiger partial charge in [0.15, 0.2) is 11.5 Å². The molecule has 1 aromatic heterocycles. The van der Waals surface area contributed by atoms with E-state index >= 15 is 0 Å². The van der Waals surface area contributed by atoms with E-state index in [1.165, 1.54) is 38.0 Å². The Morgan fingerprint density at radius 1 is 1.16 bits per heavy atom. The van der Waals surface area contributed by atoms with Gasteiger partial charge in [0, 0.05) is 26.4 Å². The van der Waals surface area contributed by atoms with Crippen LogP contribution in [0.15, 0.2) is 0 Å². The molecule has 1 aliphatic carbocycles. The highest BCUT2D eigenvalue weighted by Crippen LogP contribution is 2.40. The number of hydrogen-bond acceptors (Lipinski definition) is 8. The first-order chi connectivity index (χ1) is 18.0. The molecule has 0 bridgehead atoms. The first-order valence-electron chi connectivity index (χ1n) is 13.5. The quantitative estimate of drug-likeness (QED) is 0.347. The summed E-state index contributed by atoms with van der Waals surface area (Å²) < 4.78 is 6.83. The minimum absolute atomic E-state index is 0.199. The zero-order valence-corrected chi connectivity index (χ0v) is 22.5. The van der Waals surface area contributed by atoms with Crippen LogP contribution in [-0.2, 0) is 30.5 Å². The number of carbonyl (C=O) groups is 5. The Hall–Kier alpha value is -3.31. The van der Waals surface area contributed by atoms with Gasteiger partial charge in [-0.2, -0.15) is 0 Å². The molecule has 1 unspecified atom stereocenters. The molecule has 0 radical (unpaired) electrons. The summed E-state index contributed by atoms with van der Waals surface area (Å²) in [6.07, 6.45) is 6.11. The van der Waals surface area contributed by atoms with Crippen molar-refractivity contribution in [2.24, 2.45) is 17.6 Å². The minimum Gasteiger partial charge on any atom is -0.462 e. The lowest BCUT2D eigenvalue weighted by atomic mass is 9.84. The third-order valence-electron chi connectivity index (χ3n) is 8.31. The Morgan fingerprint density at radius 3 is 2.50 bits per heavy atom. The van der Waals surface area contributed by atoms with E-state index in [0.29, 0.717) is 31.0 Å². The molecular weight excluding hydrogens is 492 g/mol. The lowest BCUT2D eigenvalue weighted by molar-refractivity contribution is -0.161. The van der Waals surface area contributed by atoms with Gasteiger partial charge in [-0.25, -0.2) is 4.68 Å². The molecule has 2 N–H and O–H groups in total. The SMILES string of the molecule is CC(=O)O[C@H](C)[C@H](CC(=O)CN1CC2(CCCN2C(=O)c2nnn(CC3CCCCC3)c2C)C1=O)C(N)=O. The monoisotopic (exact) mass is 530 g/mol. The van der Waals surface area contributed by atoms with Crippen molar-refractivity contribution >= 4 is 29.5 Å². The minimum atomic E-state index is -0.986. The van der Waals surface area contributed by atoms with Gasteiger partial charge in [0.25, 0.3) is 11.8 Å². The number of esters is 1. The van der Waals surface area contributed by atoms with E-state index in [2.05, 4.69) is 10.3 Å². The molecule has 1 spiro atoms. The third kappa shape index (κ3) is 5.44. The number of nitrogens with zero attached hydrogens (tertiary/aromatic N) is 5. The fourth-order valence-electron chi connectivity index (χ4n) is 6.19. The number of rotatable bonds is 10. The van der Waals surface area contributed by atoms with Crippen molar-refractivity contribution in [2.75, 3.05) is 19.6 Å². The summed E-state index contributed by atoms with van der Waals surface area (Å²) in [5.74, 6) is -2.74. The van der Waals surface area contributed by atoms with E-state index in [1.807, 2.05) is 11.6 Å². The maximum atomic E-state index is 13.5. The Morgan fingerprint density at radius 2 is 1.87 bits per heavy atom. The fourth-order valence-corrected chi connectivity index (χ4v) is 6.19. The predicted octanol–water partition coefficient (Wildman–Crippen LogP) is 0.996. The average molecular weight is 531 g/mol. The number of β-lactam (4-membered cyclic amide) rings is 1. The highest BCUT2D eigenvalue weighted by Gasteiger charge is 2.60. The summed E-state index contributed by atoms with van der Waals surface area (Å²) in [7, 11) is 0. The summed E-state index contributed by atoms with van der Waals surface area (Å²) in [6, 6.07) is 0. The van der Waals surface area contributed by atoms with E-state index in [9.17, 15) is 24.0 Å². The third-order valence-corrected chi connectivity index (χ3v) is 8.31. The number of likely N-dealkylation sites (tertiary alicyclic amines) is 2. The van der Waals surface area contributed by atoms with E-state index in [1.54, 1.807) is 4.90 Å². The van der Waals surface area contributed by atoms with Gasteiger partial charge in [-0.3, -0.25) is 24.0 Å². The average Bonchev–Trinajstić information content (AvgIpc) is 3.47. The summed E-state index contributed by atoms with van der Waals surface area (Å²) >= 11 is 0. The molecule has 12 heteroatoms. The number of ketones is 1. The molecule has 4 rings (SSSR count). The molecule has 1 saturated carbocycles. The predicted molar refractivity (Wildman–Crippen MR) is 134 cm³/mol. The van der Waals surface area contributed by atoms with Crippen LogP contribution in [0.25, 0.3) is 0 Å².